The Morgan fingerprint density at radius 2 is 1.03 bits per heavy atom. The molecule has 1 fully saturated rings. The van der Waals surface area contributed by atoms with Crippen molar-refractivity contribution in [3.63, 3.8) is 0 Å². The fourth-order valence-electron chi connectivity index (χ4n) is 9.95. The number of fused-ring (bicyclic) bond motifs is 4. The standard InChI is InChI=1S/C20H17F3N4O.C20H20N4O2.C18H18N4O3/c1-10(2)16-17(26-18-13(8-24)9-25-27(18)19(16)28)12-5-6-14(11-3-4-11)15(7-12)20(21,22)23;1-11(2)16-17(23-18-14(9-21)10-22-24(18)19(16)25)12-5-6-15-13(7-12)8-20(3,4)26-15;1-10(2)15-16(11-5-13(24-3)7-14(6-11)25-4)21-17-12(8-19)9-20-22(17)18(15)23/h5-7,9-11,25H,3-4H2,1-2H3;5-7,10-11,22H,8H2,1-4H3;5-7,9-10,20H,1-4H3. The molecular formula is C58H55F3N12O6. The third-order valence-electron chi connectivity index (χ3n) is 13.8. The molecule has 0 amide bonds. The van der Waals surface area contributed by atoms with Crippen LogP contribution in [0.3, 0.4) is 0 Å². The van der Waals surface area contributed by atoms with E-state index in [0.29, 0.717) is 73.1 Å². The van der Waals surface area contributed by atoms with Crippen LogP contribution in [0.4, 0.5) is 13.2 Å². The third kappa shape index (κ3) is 10.2. The van der Waals surface area contributed by atoms with Crippen LogP contribution in [0.1, 0.15) is 142 Å². The van der Waals surface area contributed by atoms with Gasteiger partial charge in [-0.1, -0.05) is 53.7 Å². The minimum Gasteiger partial charge on any atom is -0.497 e. The number of methoxy groups -OCH3 is 2. The summed E-state index contributed by atoms with van der Waals surface area (Å²) in [6, 6.07) is 21.5. The average Bonchev–Trinajstić information content (AvgIpc) is 3.94. The van der Waals surface area contributed by atoms with E-state index in [4.69, 9.17) is 14.2 Å². The number of alkyl halides is 3. The molecule has 2 aliphatic rings. The number of hydrogen-bond donors (Lipinski definition) is 3. The van der Waals surface area contributed by atoms with Crippen molar-refractivity contribution >= 4 is 16.9 Å². The van der Waals surface area contributed by atoms with E-state index in [2.05, 4.69) is 50.2 Å². The molecule has 0 spiro atoms. The molecule has 0 bridgehead atoms. The maximum absolute atomic E-state index is 13.7. The Morgan fingerprint density at radius 1 is 0.620 bits per heavy atom. The van der Waals surface area contributed by atoms with Gasteiger partial charge in [-0.3, -0.25) is 29.7 Å². The number of ether oxygens (including phenoxy) is 3. The van der Waals surface area contributed by atoms with Crippen LogP contribution in [0.25, 0.3) is 50.7 Å². The van der Waals surface area contributed by atoms with E-state index in [-0.39, 0.29) is 62.9 Å². The van der Waals surface area contributed by atoms with Gasteiger partial charge in [-0.05, 0) is 97.9 Å². The molecule has 0 radical (unpaired) electrons. The number of halogens is 3. The van der Waals surface area contributed by atoms with Gasteiger partial charge in [-0.25, -0.2) is 28.5 Å². The highest BCUT2D eigenvalue weighted by Gasteiger charge is 2.39. The average molecular weight is 1070 g/mol. The highest BCUT2D eigenvalue weighted by Crippen LogP contribution is 2.47. The first-order valence-corrected chi connectivity index (χ1v) is 25.4. The molecule has 18 nitrogen and oxygen atoms in total. The van der Waals surface area contributed by atoms with Gasteiger partial charge in [0.2, 0.25) is 0 Å². The van der Waals surface area contributed by atoms with Crippen molar-refractivity contribution in [2.45, 2.75) is 110 Å². The summed E-state index contributed by atoms with van der Waals surface area (Å²) in [7, 11) is 3.13. The van der Waals surface area contributed by atoms with Crippen molar-refractivity contribution < 1.29 is 27.4 Å². The lowest BCUT2D eigenvalue weighted by molar-refractivity contribution is -0.138. The summed E-state index contributed by atoms with van der Waals surface area (Å²) < 4.78 is 61.4. The van der Waals surface area contributed by atoms with Crippen molar-refractivity contribution in [3.05, 3.63) is 154 Å². The largest absolute Gasteiger partial charge is 0.497 e. The van der Waals surface area contributed by atoms with Crippen LogP contribution in [-0.4, -0.2) is 63.6 Å². The van der Waals surface area contributed by atoms with E-state index in [9.17, 15) is 43.3 Å². The summed E-state index contributed by atoms with van der Waals surface area (Å²) in [5, 5.41) is 36.1. The first kappa shape index (κ1) is 54.4. The fourth-order valence-corrected chi connectivity index (χ4v) is 9.95. The number of benzene rings is 3. The van der Waals surface area contributed by atoms with Crippen LogP contribution in [0.2, 0.25) is 0 Å². The van der Waals surface area contributed by atoms with Crippen LogP contribution in [0, 0.1) is 34.0 Å². The Balaban J connectivity index is 0.000000144. The molecule has 0 unspecified atom stereocenters. The summed E-state index contributed by atoms with van der Waals surface area (Å²) >= 11 is 0. The second kappa shape index (κ2) is 20.8. The Morgan fingerprint density at radius 3 is 1.41 bits per heavy atom. The second-order valence-electron chi connectivity index (χ2n) is 20.9. The molecule has 6 aromatic heterocycles. The van der Waals surface area contributed by atoms with Gasteiger partial charge in [-0.2, -0.15) is 29.0 Å². The second-order valence-corrected chi connectivity index (χ2v) is 20.9. The highest BCUT2D eigenvalue weighted by molar-refractivity contribution is 5.73. The normalized spacial score (nSPS) is 13.6. The van der Waals surface area contributed by atoms with Crippen molar-refractivity contribution in [1.82, 2.24) is 43.8 Å². The molecule has 79 heavy (non-hydrogen) atoms. The predicted octanol–water partition coefficient (Wildman–Crippen LogP) is 10.7. The molecule has 1 aliphatic heterocycles. The van der Waals surface area contributed by atoms with E-state index in [1.807, 2.05) is 58.0 Å². The van der Waals surface area contributed by atoms with Gasteiger partial charge < -0.3 is 14.2 Å². The molecular weight excluding hydrogens is 1020 g/mol. The number of hydrogen-bond acceptors (Lipinski definition) is 12. The van der Waals surface area contributed by atoms with Crippen molar-refractivity contribution in [2.24, 2.45) is 0 Å². The van der Waals surface area contributed by atoms with Gasteiger partial charge in [-0.15, -0.1) is 0 Å². The monoisotopic (exact) mass is 1070 g/mol. The highest BCUT2D eigenvalue weighted by atomic mass is 19.4. The maximum atomic E-state index is 13.7. The predicted molar refractivity (Wildman–Crippen MR) is 289 cm³/mol. The number of H-pyrrole nitrogens is 3. The van der Waals surface area contributed by atoms with Gasteiger partial charge in [0.15, 0.2) is 16.9 Å². The van der Waals surface area contributed by atoms with Crippen molar-refractivity contribution in [2.75, 3.05) is 14.2 Å². The number of rotatable bonds is 9. The molecule has 9 aromatic rings. The SMILES string of the molecule is CC(C)c1c(-c2ccc(C3CC3)c(C(F)(F)F)c2)nc2c(C#N)c[nH]n2c1=O.CC(C)c1c(-c2ccc3c(c2)CC(C)(C)O3)nc2c(C#N)c[nH]n2c1=O.COc1cc(OC)cc(-c2nc3c(C#N)c[nH]n3c(=O)c2C(C)C)c1. The number of aromatic amines is 3. The van der Waals surface area contributed by atoms with E-state index in [0.717, 1.165) is 46.7 Å². The Kier molecular flexibility index (Phi) is 14.3. The zero-order valence-corrected chi connectivity index (χ0v) is 45.0. The Bertz CT molecular complexity index is 4180. The fraction of sp³-hybridized carbons (Fsp3) is 0.328. The van der Waals surface area contributed by atoms with Gasteiger partial charge in [0.25, 0.3) is 16.7 Å². The van der Waals surface area contributed by atoms with Crippen LogP contribution in [0.5, 0.6) is 17.2 Å². The number of nitriles is 3. The Labute approximate surface area is 450 Å². The van der Waals surface area contributed by atoms with Crippen molar-refractivity contribution in [3.8, 4) is 69.2 Å². The number of nitrogens with zero attached hydrogens (tertiary/aromatic N) is 9. The molecule has 3 N–H and O–H groups in total. The molecule has 1 aliphatic carbocycles. The summed E-state index contributed by atoms with van der Waals surface area (Å²) in [6.45, 7) is 15.5. The molecule has 404 valence electrons. The van der Waals surface area contributed by atoms with Crippen molar-refractivity contribution in [1.29, 1.82) is 15.8 Å². The van der Waals surface area contributed by atoms with Crippen LogP contribution >= 0.6 is 0 Å². The quantitative estimate of drug-likeness (QED) is 0.122. The first-order chi connectivity index (χ1) is 37.5. The first-order valence-electron chi connectivity index (χ1n) is 25.4. The Hall–Kier alpha value is -9.42. The van der Waals surface area contributed by atoms with Gasteiger partial charge in [0.05, 0.1) is 36.9 Å². The number of nitrogens with one attached hydrogen (secondary N) is 3. The van der Waals surface area contributed by atoms with Gasteiger partial charge >= 0.3 is 6.18 Å². The van der Waals surface area contributed by atoms with Gasteiger partial charge in [0.1, 0.15) is 57.7 Å². The van der Waals surface area contributed by atoms with E-state index in [1.165, 1.54) is 33.7 Å². The lowest BCUT2D eigenvalue weighted by Crippen LogP contribution is -2.24. The zero-order chi connectivity index (χ0) is 57.0. The van der Waals surface area contributed by atoms with Crippen LogP contribution < -0.4 is 30.9 Å². The van der Waals surface area contributed by atoms with E-state index >= 15 is 0 Å². The third-order valence-corrected chi connectivity index (χ3v) is 13.8. The minimum atomic E-state index is -4.49. The van der Waals surface area contributed by atoms with Gasteiger partial charge in [0, 0.05) is 64.5 Å². The molecule has 11 rings (SSSR count). The summed E-state index contributed by atoms with van der Waals surface area (Å²) in [5.74, 6) is 1.68. The smallest absolute Gasteiger partial charge is 0.416 e. The molecule has 7 heterocycles. The lowest BCUT2D eigenvalue weighted by atomic mass is 9.94. The minimum absolute atomic E-state index is 0.00307. The molecule has 3 aromatic carbocycles. The maximum Gasteiger partial charge on any atom is 0.416 e. The zero-order valence-electron chi connectivity index (χ0n) is 45.0. The van der Waals surface area contributed by atoms with E-state index < -0.39 is 17.3 Å². The summed E-state index contributed by atoms with van der Waals surface area (Å²) in [6.07, 6.45) is 2.16. The topological polar surface area (TPSA) is 250 Å². The lowest BCUT2D eigenvalue weighted by Gasteiger charge is -2.16. The summed E-state index contributed by atoms with van der Waals surface area (Å²) in [4.78, 5) is 52.5. The molecule has 0 atom stereocenters. The molecule has 21 heteroatoms. The van der Waals surface area contributed by atoms with Crippen LogP contribution in [0.15, 0.2) is 87.6 Å². The molecule has 1 saturated carbocycles. The van der Waals surface area contributed by atoms with Crippen LogP contribution in [-0.2, 0) is 12.6 Å². The van der Waals surface area contributed by atoms with E-state index in [1.54, 1.807) is 52.3 Å². The number of aromatic nitrogens is 9. The summed E-state index contributed by atoms with van der Waals surface area (Å²) in [5.41, 5.74) is 5.88. The molecule has 0 saturated heterocycles.